The lowest BCUT2D eigenvalue weighted by Gasteiger charge is -2.37. The Morgan fingerprint density at radius 2 is 0.541 bits per heavy atom. The third-order valence-corrected chi connectivity index (χ3v) is 20.9. The van der Waals surface area contributed by atoms with Crippen LogP contribution in [0.4, 0.5) is 0 Å². The van der Waals surface area contributed by atoms with Crippen molar-refractivity contribution in [3.63, 3.8) is 0 Å². The van der Waals surface area contributed by atoms with Crippen molar-refractivity contribution >= 4 is 0 Å². The second kappa shape index (κ2) is 45.5. The lowest BCUT2D eigenvalue weighted by atomic mass is 9.69. The van der Waals surface area contributed by atoms with E-state index in [0.717, 1.165) is 94.7 Å². The fourth-order valence-electron chi connectivity index (χ4n) is 15.7. The maximum atomic E-state index is 3.93. The number of allylic oxidation sites excluding steroid dienone is 6. The molecular formula is C66H132O8. The van der Waals surface area contributed by atoms with Gasteiger partial charge in [0, 0.05) is 0 Å². The number of rotatable bonds is 12. The minimum Gasteiger partial charge on any atom is -0.412 e. The van der Waals surface area contributed by atoms with Gasteiger partial charge in [-0.25, -0.2) is 0 Å². The van der Waals surface area contributed by atoms with Crippen LogP contribution in [0.3, 0.4) is 0 Å². The van der Waals surface area contributed by atoms with Crippen LogP contribution in [-0.2, 0) is 0 Å². The molecule has 0 atom stereocenters. The van der Waals surface area contributed by atoms with Crippen molar-refractivity contribution in [3.05, 3.63) is 49.6 Å². The van der Waals surface area contributed by atoms with Crippen molar-refractivity contribution in [1.29, 1.82) is 0 Å². The minimum absolute atomic E-state index is 0. The van der Waals surface area contributed by atoms with Crippen LogP contribution in [0.5, 0.6) is 0 Å². The Labute approximate surface area is 459 Å². The highest BCUT2D eigenvalue weighted by Crippen LogP contribution is 2.45. The summed E-state index contributed by atoms with van der Waals surface area (Å²) in [7, 11) is 0. The van der Waals surface area contributed by atoms with Crippen LogP contribution in [0.25, 0.3) is 0 Å². The molecule has 0 aromatic carbocycles. The summed E-state index contributed by atoms with van der Waals surface area (Å²) in [5.74, 6) is 16.5. The molecule has 0 saturated heterocycles. The Balaban J connectivity index is -0.000000427. The van der Waals surface area contributed by atoms with Crippen LogP contribution < -0.4 is 0 Å². The molecule has 0 aliphatic heterocycles. The summed E-state index contributed by atoms with van der Waals surface area (Å²) in [4.78, 5) is 0. The molecule has 0 bridgehead atoms. The van der Waals surface area contributed by atoms with Gasteiger partial charge >= 0.3 is 0 Å². The predicted octanol–water partition coefficient (Wildman–Crippen LogP) is 15.0. The van der Waals surface area contributed by atoms with Crippen LogP contribution in [0, 0.1) is 94.7 Å². The first-order chi connectivity index (χ1) is 32.2. The third kappa shape index (κ3) is 29.0. The number of hydrogen-bond acceptors (Lipinski definition) is 0. The predicted molar refractivity (Wildman–Crippen MR) is 324 cm³/mol. The minimum atomic E-state index is 0. The average Bonchev–Trinajstić information content (AvgIpc) is 3.36. The first kappa shape index (κ1) is 79.1. The molecule has 0 heterocycles. The summed E-state index contributed by atoms with van der Waals surface area (Å²) in [6.07, 6.45) is 67.0. The molecule has 16 N–H and O–H groups in total. The zero-order chi connectivity index (χ0) is 46.9. The van der Waals surface area contributed by atoms with E-state index in [-0.39, 0.29) is 43.8 Å². The van der Waals surface area contributed by atoms with Gasteiger partial charge < -0.3 is 43.8 Å². The van der Waals surface area contributed by atoms with Crippen molar-refractivity contribution in [3.8, 4) is 0 Å². The molecule has 8 nitrogen and oxygen atoms in total. The molecular weight excluding hydrogens is 921 g/mol. The second-order valence-corrected chi connectivity index (χ2v) is 25.8. The lowest BCUT2D eigenvalue weighted by Crippen LogP contribution is -2.25. The van der Waals surface area contributed by atoms with E-state index in [4.69, 9.17) is 0 Å². The van der Waals surface area contributed by atoms with E-state index in [1.807, 2.05) is 0 Å². The van der Waals surface area contributed by atoms with Crippen molar-refractivity contribution < 1.29 is 43.8 Å². The monoisotopic (exact) mass is 1050 g/mol. The SMILES string of the molecule is C/C=C/C1CCC(C2CCC(C)CC2)CC1.C/C=C/CCC1CCC(C2CCC(C)CC2)CC1.C=CC1CCC(C2CCC(C)CC2)CC1.C=CCCC1CCC(C2CCC(C)CC2)CC1.O.O.O.O.O.O.O.O. The summed E-state index contributed by atoms with van der Waals surface area (Å²) in [6.45, 7) is 21.8. The Kier molecular flexibility index (Phi) is 48.7. The van der Waals surface area contributed by atoms with Crippen LogP contribution in [-0.4, -0.2) is 43.8 Å². The van der Waals surface area contributed by atoms with Crippen molar-refractivity contribution in [2.75, 3.05) is 0 Å². The Morgan fingerprint density at radius 3 is 0.784 bits per heavy atom. The van der Waals surface area contributed by atoms with E-state index in [0.29, 0.717) is 0 Å². The summed E-state index contributed by atoms with van der Waals surface area (Å²) < 4.78 is 0. The Hall–Kier alpha value is -1.36. The van der Waals surface area contributed by atoms with Gasteiger partial charge in [-0.3, -0.25) is 0 Å². The van der Waals surface area contributed by atoms with Crippen LogP contribution in [0.2, 0.25) is 0 Å². The van der Waals surface area contributed by atoms with E-state index in [1.54, 1.807) is 12.8 Å². The van der Waals surface area contributed by atoms with Crippen molar-refractivity contribution in [1.82, 2.24) is 0 Å². The van der Waals surface area contributed by atoms with Gasteiger partial charge in [0.05, 0.1) is 0 Å². The zero-order valence-electron chi connectivity index (χ0n) is 49.6. The molecule has 8 heteroatoms. The molecule has 8 rings (SSSR count). The highest BCUT2D eigenvalue weighted by Gasteiger charge is 2.33. The van der Waals surface area contributed by atoms with E-state index in [1.165, 1.54) is 218 Å². The maximum Gasteiger partial charge on any atom is -0.0233 e. The summed E-state index contributed by atoms with van der Waals surface area (Å²) >= 11 is 0. The van der Waals surface area contributed by atoms with Gasteiger partial charge in [-0.2, -0.15) is 0 Å². The van der Waals surface area contributed by atoms with Crippen molar-refractivity contribution in [2.45, 2.75) is 273 Å². The topological polar surface area (TPSA) is 252 Å². The molecule has 0 aromatic heterocycles. The smallest absolute Gasteiger partial charge is 0.0233 e. The van der Waals surface area contributed by atoms with Gasteiger partial charge in [0.2, 0.25) is 0 Å². The standard InChI is InChI=1S/C18H32.C17H30.C16H28.C15H26.8H2O/c1-3-4-5-6-16-9-13-18(14-10-16)17-11-7-15(2)8-12-17;1-3-4-5-15-8-12-17(13-9-15)16-10-6-14(2)7-11-16;1-3-4-14-7-11-16(12-8-14)15-9-5-13(2)6-10-15;1-3-13-6-10-15(11-7-13)14-8-4-12(2)5-9-14;;;;;;;;/h3-4,15-18H,5-14H2,1-2H3;3,14-17H,1,4-13H2,2H3;3-4,13-16H,5-12H2,1-2H3;3,12-15H,1,4-11H2,2H3;8*1H2/b4-3+;;4-3+;;;;;;;;;. The van der Waals surface area contributed by atoms with Crippen molar-refractivity contribution in [2.24, 2.45) is 94.7 Å². The first-order valence-electron chi connectivity index (χ1n) is 30.6. The van der Waals surface area contributed by atoms with Gasteiger partial charge in [0.1, 0.15) is 0 Å². The van der Waals surface area contributed by atoms with Crippen LogP contribution in [0.15, 0.2) is 49.6 Å². The molecule has 8 aliphatic carbocycles. The van der Waals surface area contributed by atoms with E-state index < -0.39 is 0 Å². The van der Waals surface area contributed by atoms with Crippen LogP contribution >= 0.6 is 0 Å². The van der Waals surface area contributed by atoms with Gasteiger partial charge in [0.25, 0.3) is 0 Å². The molecule has 0 spiro atoms. The molecule has 0 radical (unpaired) electrons. The van der Waals surface area contributed by atoms with Gasteiger partial charge in [0.15, 0.2) is 0 Å². The maximum absolute atomic E-state index is 3.93. The van der Waals surface area contributed by atoms with E-state index in [9.17, 15) is 0 Å². The molecule has 8 fully saturated rings. The largest absolute Gasteiger partial charge is 0.412 e. The average molecular weight is 1050 g/mol. The molecule has 444 valence electrons. The first-order valence-corrected chi connectivity index (χ1v) is 30.6. The highest BCUT2D eigenvalue weighted by atomic mass is 16.0. The zero-order valence-corrected chi connectivity index (χ0v) is 49.6. The van der Waals surface area contributed by atoms with Crippen LogP contribution in [0.1, 0.15) is 273 Å². The summed E-state index contributed by atoms with van der Waals surface area (Å²) in [6, 6.07) is 0. The van der Waals surface area contributed by atoms with E-state index >= 15 is 0 Å². The molecule has 8 aliphatic rings. The van der Waals surface area contributed by atoms with Gasteiger partial charge in [-0.05, 0) is 263 Å². The fraction of sp³-hybridized carbons (Fsp3) is 0.879. The normalized spacial score (nSPS) is 35.8. The summed E-state index contributed by atoms with van der Waals surface area (Å²) in [5.41, 5.74) is 0. The molecule has 0 amide bonds. The fourth-order valence-corrected chi connectivity index (χ4v) is 15.7. The summed E-state index contributed by atoms with van der Waals surface area (Å²) in [5, 5.41) is 0. The molecule has 0 aromatic rings. The van der Waals surface area contributed by atoms with Gasteiger partial charge in [-0.1, -0.05) is 141 Å². The molecule has 8 saturated carbocycles. The van der Waals surface area contributed by atoms with E-state index in [2.05, 4.69) is 91.2 Å². The highest BCUT2D eigenvalue weighted by molar-refractivity contribution is 4.91. The second-order valence-electron chi connectivity index (χ2n) is 25.8. The Morgan fingerprint density at radius 1 is 0.297 bits per heavy atom. The molecule has 0 unspecified atom stereocenters. The van der Waals surface area contributed by atoms with Gasteiger partial charge in [-0.15, -0.1) is 13.2 Å². The lowest BCUT2D eigenvalue weighted by molar-refractivity contribution is 0.148. The molecule has 74 heavy (non-hydrogen) atoms. The third-order valence-electron chi connectivity index (χ3n) is 20.9. The Bertz CT molecular complexity index is 1290. The quantitative estimate of drug-likeness (QED) is 0.165. The number of hydrogen-bond donors (Lipinski definition) is 0.